The van der Waals surface area contributed by atoms with Gasteiger partial charge in [0, 0.05) is 12.0 Å². The van der Waals surface area contributed by atoms with E-state index in [2.05, 4.69) is 0 Å². The monoisotopic (exact) mass is 234 g/mol. The van der Waals surface area contributed by atoms with Crippen molar-refractivity contribution in [3.05, 3.63) is 29.3 Å². The van der Waals surface area contributed by atoms with Crippen LogP contribution in [0.3, 0.4) is 0 Å². The minimum atomic E-state index is -0.390. The Balaban J connectivity index is 2.11. The molecule has 0 aliphatic heterocycles. The Labute approximate surface area is 98.9 Å². The first-order valence-electron chi connectivity index (χ1n) is 5.49. The molecule has 1 aliphatic carbocycles. The zero-order valence-corrected chi connectivity index (χ0v) is 9.36. The maximum absolute atomic E-state index is 11.6. The summed E-state index contributed by atoms with van der Waals surface area (Å²) in [5.41, 5.74) is 3.75. The number of amides is 1. The van der Waals surface area contributed by atoms with Gasteiger partial charge in [0.15, 0.2) is 12.4 Å². The highest BCUT2D eigenvalue weighted by atomic mass is 16.5. The van der Waals surface area contributed by atoms with Gasteiger partial charge in [-0.1, -0.05) is 0 Å². The summed E-state index contributed by atoms with van der Waals surface area (Å²) in [6.45, 7) is -0.122. The van der Waals surface area contributed by atoms with Gasteiger partial charge in [0.1, 0.15) is 5.75 Å². The van der Waals surface area contributed by atoms with Gasteiger partial charge in [-0.2, -0.15) is 0 Å². The molecule has 0 atom stereocenters. The first kappa shape index (κ1) is 11.6. The molecule has 0 radical (unpaired) electrons. The van der Waals surface area contributed by atoms with E-state index < -0.39 is 5.91 Å². The summed E-state index contributed by atoms with van der Waals surface area (Å²) < 4.78 is 5.26. The second-order valence-corrected chi connectivity index (χ2v) is 3.95. The minimum Gasteiger partial charge on any atom is -0.484 e. The van der Waals surface area contributed by atoms with Gasteiger partial charge < -0.3 is 4.74 Å². The number of aryl methyl sites for hydroxylation is 1. The van der Waals surface area contributed by atoms with Crippen LogP contribution in [0, 0.1) is 0 Å². The number of fused-ring (bicyclic) bond motifs is 1. The summed E-state index contributed by atoms with van der Waals surface area (Å²) in [5, 5.41) is 0. The Bertz CT molecular complexity index is 457. The lowest BCUT2D eigenvalue weighted by Gasteiger charge is -2.15. The van der Waals surface area contributed by atoms with Crippen LogP contribution in [-0.2, 0) is 11.2 Å². The van der Waals surface area contributed by atoms with Crippen molar-refractivity contribution in [1.82, 2.24) is 5.43 Å². The number of carbonyl (C=O) groups is 2. The van der Waals surface area contributed by atoms with Crippen molar-refractivity contribution in [2.75, 3.05) is 6.61 Å². The average Bonchev–Trinajstić information content (AvgIpc) is 2.36. The molecule has 5 nitrogen and oxygen atoms in total. The lowest BCUT2D eigenvalue weighted by Crippen LogP contribution is -2.34. The summed E-state index contributed by atoms with van der Waals surface area (Å²) in [5.74, 6) is 5.31. The average molecular weight is 234 g/mol. The lowest BCUT2D eigenvalue weighted by atomic mass is 9.91. The Morgan fingerprint density at radius 1 is 1.41 bits per heavy atom. The minimum absolute atomic E-state index is 0.122. The van der Waals surface area contributed by atoms with E-state index in [9.17, 15) is 9.59 Å². The topological polar surface area (TPSA) is 81.4 Å². The molecule has 0 spiro atoms. The van der Waals surface area contributed by atoms with E-state index in [1.165, 1.54) is 0 Å². The molecule has 1 aliphatic rings. The van der Waals surface area contributed by atoms with Crippen molar-refractivity contribution in [3.8, 4) is 5.75 Å². The maximum atomic E-state index is 11.6. The molecule has 0 unspecified atom stereocenters. The molecule has 0 fully saturated rings. The predicted octanol–water partition coefficient (Wildman–Crippen LogP) is 0.574. The Kier molecular flexibility index (Phi) is 3.39. The van der Waals surface area contributed by atoms with Crippen LogP contribution in [0.1, 0.15) is 28.8 Å². The molecule has 1 aromatic carbocycles. The molecule has 17 heavy (non-hydrogen) atoms. The number of hydrogen-bond donors (Lipinski definition) is 2. The molecular weight excluding hydrogens is 220 g/mol. The van der Waals surface area contributed by atoms with E-state index in [1.807, 2.05) is 11.5 Å². The maximum Gasteiger partial charge on any atom is 0.271 e. The van der Waals surface area contributed by atoms with Crippen LogP contribution in [0.15, 0.2) is 18.2 Å². The van der Waals surface area contributed by atoms with Crippen molar-refractivity contribution in [3.63, 3.8) is 0 Å². The van der Waals surface area contributed by atoms with E-state index in [-0.39, 0.29) is 12.4 Å². The molecule has 0 saturated carbocycles. The molecule has 5 heteroatoms. The van der Waals surface area contributed by atoms with Crippen LogP contribution in [0.4, 0.5) is 0 Å². The third-order valence-corrected chi connectivity index (χ3v) is 2.76. The van der Waals surface area contributed by atoms with E-state index >= 15 is 0 Å². The summed E-state index contributed by atoms with van der Waals surface area (Å²) >= 11 is 0. The number of carbonyl (C=O) groups excluding carboxylic acids is 2. The van der Waals surface area contributed by atoms with Crippen LogP contribution in [0.2, 0.25) is 0 Å². The van der Waals surface area contributed by atoms with Crippen LogP contribution in [-0.4, -0.2) is 18.3 Å². The number of rotatable bonds is 3. The highest BCUT2D eigenvalue weighted by Gasteiger charge is 2.17. The normalized spacial score (nSPS) is 14.1. The number of hydrazine groups is 1. The van der Waals surface area contributed by atoms with Gasteiger partial charge in [0.05, 0.1) is 0 Å². The van der Waals surface area contributed by atoms with Gasteiger partial charge in [0.2, 0.25) is 0 Å². The Hall–Kier alpha value is -1.88. The number of hydrogen-bond acceptors (Lipinski definition) is 4. The van der Waals surface area contributed by atoms with Gasteiger partial charge in [-0.3, -0.25) is 15.0 Å². The smallest absolute Gasteiger partial charge is 0.271 e. The first-order chi connectivity index (χ1) is 8.20. The Morgan fingerprint density at radius 2 is 2.24 bits per heavy atom. The predicted molar refractivity (Wildman–Crippen MR) is 61.5 cm³/mol. The van der Waals surface area contributed by atoms with Crippen molar-refractivity contribution < 1.29 is 14.3 Å². The fourth-order valence-corrected chi connectivity index (χ4v) is 1.90. The third kappa shape index (κ3) is 2.62. The highest BCUT2D eigenvalue weighted by molar-refractivity contribution is 5.98. The standard InChI is InChI=1S/C12H14N2O3/c13-14-12(16)7-17-9-4-5-10-8(6-9)2-1-3-11(10)15/h4-6H,1-3,7,13H2,(H,14,16). The quantitative estimate of drug-likeness (QED) is 0.455. The molecule has 1 amide bonds. The van der Waals surface area contributed by atoms with Crippen molar-refractivity contribution in [1.29, 1.82) is 0 Å². The van der Waals surface area contributed by atoms with Crippen LogP contribution >= 0.6 is 0 Å². The van der Waals surface area contributed by atoms with Gasteiger partial charge in [-0.05, 0) is 36.6 Å². The molecule has 90 valence electrons. The number of Topliss-reactive ketones (excluding diaryl/α,β-unsaturated/α-hetero) is 1. The van der Waals surface area contributed by atoms with Crippen LogP contribution < -0.4 is 16.0 Å². The van der Waals surface area contributed by atoms with Gasteiger partial charge in [-0.25, -0.2) is 5.84 Å². The number of ketones is 1. The van der Waals surface area contributed by atoms with Crippen molar-refractivity contribution in [2.24, 2.45) is 5.84 Å². The fraction of sp³-hybridized carbons (Fsp3) is 0.333. The van der Waals surface area contributed by atoms with Crippen molar-refractivity contribution in [2.45, 2.75) is 19.3 Å². The summed E-state index contributed by atoms with van der Waals surface area (Å²) in [6.07, 6.45) is 2.36. The van der Waals surface area contributed by atoms with E-state index in [0.29, 0.717) is 12.2 Å². The molecule has 1 aromatic rings. The van der Waals surface area contributed by atoms with Gasteiger partial charge in [-0.15, -0.1) is 0 Å². The SMILES string of the molecule is NNC(=O)COc1ccc2c(c1)CCCC2=O. The molecule has 0 saturated heterocycles. The number of nitrogens with one attached hydrogen (secondary N) is 1. The van der Waals surface area contributed by atoms with E-state index in [0.717, 1.165) is 24.0 Å². The molecular formula is C12H14N2O3. The molecule has 0 bridgehead atoms. The van der Waals surface area contributed by atoms with E-state index in [4.69, 9.17) is 10.6 Å². The zero-order valence-electron chi connectivity index (χ0n) is 9.36. The molecule has 3 N–H and O–H groups in total. The zero-order chi connectivity index (χ0) is 12.3. The highest BCUT2D eigenvalue weighted by Crippen LogP contribution is 2.25. The molecule has 0 heterocycles. The second-order valence-electron chi connectivity index (χ2n) is 3.95. The van der Waals surface area contributed by atoms with Crippen LogP contribution in [0.5, 0.6) is 5.75 Å². The fourth-order valence-electron chi connectivity index (χ4n) is 1.90. The summed E-state index contributed by atoms with van der Waals surface area (Å²) in [4.78, 5) is 22.5. The first-order valence-corrected chi connectivity index (χ1v) is 5.49. The summed E-state index contributed by atoms with van der Waals surface area (Å²) in [6, 6.07) is 5.27. The number of ether oxygens (including phenoxy) is 1. The third-order valence-electron chi connectivity index (χ3n) is 2.76. The number of benzene rings is 1. The Morgan fingerprint density at radius 3 is 3.00 bits per heavy atom. The molecule has 0 aromatic heterocycles. The summed E-state index contributed by atoms with van der Waals surface area (Å²) in [7, 11) is 0. The van der Waals surface area contributed by atoms with Gasteiger partial charge >= 0.3 is 0 Å². The van der Waals surface area contributed by atoms with E-state index in [1.54, 1.807) is 12.1 Å². The van der Waals surface area contributed by atoms with Gasteiger partial charge in [0.25, 0.3) is 5.91 Å². The molecule has 2 rings (SSSR count). The largest absolute Gasteiger partial charge is 0.484 e. The number of nitrogens with two attached hydrogens (primary N) is 1. The lowest BCUT2D eigenvalue weighted by molar-refractivity contribution is -0.123. The van der Waals surface area contributed by atoms with Crippen molar-refractivity contribution >= 4 is 11.7 Å². The second kappa shape index (κ2) is 4.97. The van der Waals surface area contributed by atoms with Crippen LogP contribution in [0.25, 0.3) is 0 Å².